The number of nitrogens with one attached hydrogen (secondary N) is 1. The number of aliphatic hydroxyl groups is 2. The number of hydrogen-bond donors (Lipinski definition) is 7. The van der Waals surface area contributed by atoms with Crippen molar-refractivity contribution < 1.29 is 37.3 Å². The van der Waals surface area contributed by atoms with E-state index in [0.717, 1.165) is 0 Å². The Kier molecular flexibility index (Phi) is 8.14. The van der Waals surface area contributed by atoms with Crippen molar-refractivity contribution >= 4 is 33.3 Å². The van der Waals surface area contributed by atoms with Crippen LogP contribution >= 0.6 is 0 Å². The zero-order valence-electron chi connectivity index (χ0n) is 16.3. The second-order valence-corrected chi connectivity index (χ2v) is 7.55. The maximum atomic E-state index is 11.2. The van der Waals surface area contributed by atoms with E-state index in [0.29, 0.717) is 24.3 Å². The van der Waals surface area contributed by atoms with E-state index < -0.39 is 34.9 Å². The number of nitrogens with zero attached hydrogens (tertiary/aromatic N) is 5. The summed E-state index contributed by atoms with van der Waals surface area (Å²) in [6.07, 6.45) is -0.858. The van der Waals surface area contributed by atoms with Gasteiger partial charge in [-0.2, -0.15) is 8.42 Å². The molecule has 3 rings (SSSR count). The van der Waals surface area contributed by atoms with Crippen LogP contribution in [0.15, 0.2) is 12.7 Å². The van der Waals surface area contributed by atoms with Gasteiger partial charge >= 0.3 is 10.4 Å². The third-order valence-corrected chi connectivity index (χ3v) is 4.37. The maximum absolute atomic E-state index is 11.2. The summed E-state index contributed by atoms with van der Waals surface area (Å²) in [6, 6.07) is 0. The van der Waals surface area contributed by atoms with Crippen molar-refractivity contribution in [2.45, 2.75) is 31.0 Å². The summed E-state index contributed by atoms with van der Waals surface area (Å²) in [6.45, 7) is 0.741. The van der Waals surface area contributed by atoms with Gasteiger partial charge in [-0.3, -0.25) is 23.9 Å². The van der Waals surface area contributed by atoms with Gasteiger partial charge in [-0.1, -0.05) is 0 Å². The minimum atomic E-state index is -4.67. The molecule has 0 radical (unpaired) electrons. The molecular formula is C14H24N8O8S. The lowest BCUT2D eigenvalue weighted by Gasteiger charge is -2.22. The average Bonchev–Trinajstić information content (AvgIpc) is 3.22. The summed E-state index contributed by atoms with van der Waals surface area (Å²) in [5.41, 5.74) is 8.62. The van der Waals surface area contributed by atoms with Crippen LogP contribution in [0.3, 0.4) is 0 Å². The van der Waals surface area contributed by atoms with E-state index in [2.05, 4.69) is 20.4 Å². The van der Waals surface area contributed by atoms with Crippen molar-refractivity contribution in [1.82, 2.24) is 29.8 Å². The fourth-order valence-electron chi connectivity index (χ4n) is 2.93. The molecule has 1 amide bonds. The molecule has 1 aliphatic rings. The van der Waals surface area contributed by atoms with Gasteiger partial charge in [-0.15, -0.1) is 0 Å². The average molecular weight is 464 g/mol. The predicted molar refractivity (Wildman–Crippen MR) is 104 cm³/mol. The lowest BCUT2D eigenvalue weighted by atomic mass is 10.1. The molecule has 1 aliphatic heterocycles. The van der Waals surface area contributed by atoms with E-state index >= 15 is 0 Å². The van der Waals surface area contributed by atoms with Gasteiger partial charge in [0.15, 0.2) is 17.7 Å². The highest BCUT2D eigenvalue weighted by Crippen LogP contribution is 2.32. The van der Waals surface area contributed by atoms with E-state index in [9.17, 15) is 15.0 Å². The Labute approximate surface area is 176 Å². The number of hydrazine groups is 1. The first-order valence-electron chi connectivity index (χ1n) is 8.74. The van der Waals surface area contributed by atoms with Gasteiger partial charge in [0.05, 0.1) is 6.33 Å². The Morgan fingerprint density at radius 1 is 1.29 bits per heavy atom. The molecule has 31 heavy (non-hydrogen) atoms. The lowest BCUT2D eigenvalue weighted by Crippen LogP contribution is -2.40. The minimum absolute atomic E-state index is 0.212. The van der Waals surface area contributed by atoms with Crippen molar-refractivity contribution in [2.24, 2.45) is 5.84 Å². The molecule has 9 N–H and O–H groups in total. The quantitative estimate of drug-likeness (QED) is 0.0956. The summed E-state index contributed by atoms with van der Waals surface area (Å²) in [4.78, 5) is 25.2. The summed E-state index contributed by atoms with van der Waals surface area (Å²) in [5, 5.41) is 20.7. The molecule has 3 heterocycles. The van der Waals surface area contributed by atoms with Crippen LogP contribution in [0.5, 0.6) is 0 Å². The lowest BCUT2D eigenvalue weighted by molar-refractivity contribution is -0.121. The predicted octanol–water partition coefficient (Wildman–Crippen LogP) is -3.31. The largest absolute Gasteiger partial charge is 0.394 e. The van der Waals surface area contributed by atoms with Gasteiger partial charge in [-0.25, -0.2) is 20.8 Å². The van der Waals surface area contributed by atoms with Crippen LogP contribution < -0.4 is 17.0 Å². The Morgan fingerprint density at radius 3 is 2.55 bits per heavy atom. The van der Waals surface area contributed by atoms with Crippen molar-refractivity contribution in [3.05, 3.63) is 12.7 Å². The highest BCUT2D eigenvalue weighted by molar-refractivity contribution is 7.79. The monoisotopic (exact) mass is 464 g/mol. The second-order valence-electron chi connectivity index (χ2n) is 6.66. The molecule has 0 spiro atoms. The van der Waals surface area contributed by atoms with Gasteiger partial charge in [0.2, 0.25) is 5.91 Å². The number of aliphatic hydroxyl groups excluding tert-OH is 2. The molecule has 2 aromatic rings. The van der Waals surface area contributed by atoms with Gasteiger partial charge in [0.1, 0.15) is 30.2 Å². The summed E-state index contributed by atoms with van der Waals surface area (Å²) in [5.74, 6) is 4.98. The van der Waals surface area contributed by atoms with Crippen LogP contribution in [-0.4, -0.2) is 96.5 Å². The number of amides is 1. The molecule has 2 unspecified atom stereocenters. The fourth-order valence-corrected chi connectivity index (χ4v) is 2.93. The van der Waals surface area contributed by atoms with E-state index in [-0.39, 0.29) is 18.1 Å². The number of carbonyl (C=O) groups is 1. The highest BCUT2D eigenvalue weighted by Gasteiger charge is 2.44. The summed E-state index contributed by atoms with van der Waals surface area (Å²) >= 11 is 0. The van der Waals surface area contributed by atoms with E-state index in [4.69, 9.17) is 33.8 Å². The maximum Gasteiger partial charge on any atom is 0.394 e. The number of imidazole rings is 1. The molecule has 4 atom stereocenters. The molecule has 2 aromatic heterocycles. The Bertz CT molecular complexity index is 993. The van der Waals surface area contributed by atoms with Gasteiger partial charge in [-0.05, 0) is 7.05 Å². The SMILES string of the molecule is CN(CCC(=O)NN)C[C@H]1O[C@@H](n2cnc3c(N)ncnc32)C(O)C1O.O=S(=O)(O)O. The molecule has 0 bridgehead atoms. The minimum Gasteiger partial charge on any atom is -0.387 e. The van der Waals surface area contributed by atoms with Crippen molar-refractivity contribution in [1.29, 1.82) is 0 Å². The first kappa shape index (κ1) is 24.8. The molecule has 174 valence electrons. The molecule has 0 saturated carbocycles. The zero-order chi connectivity index (χ0) is 23.3. The third kappa shape index (κ3) is 6.74. The number of likely N-dealkylation sites (N-methyl/N-ethyl adjacent to an activating group) is 1. The van der Waals surface area contributed by atoms with Crippen LogP contribution in [0.2, 0.25) is 0 Å². The van der Waals surface area contributed by atoms with Crippen LogP contribution in [0.1, 0.15) is 12.6 Å². The molecule has 17 heteroatoms. The van der Waals surface area contributed by atoms with Crippen LogP contribution in [0.4, 0.5) is 5.82 Å². The smallest absolute Gasteiger partial charge is 0.387 e. The number of carbonyl (C=O) groups excluding carboxylic acids is 1. The second kappa shape index (κ2) is 10.2. The standard InChI is InChI=1S/C14H22N8O4.H2O4S/c1-21(3-2-8(23)20-16)4-7-10(24)11(25)14(26-7)22-6-19-9-12(15)17-5-18-13(9)22;1-5(2,3)4/h5-7,10-11,14,24-25H,2-4,16H2,1H3,(H,20,23)(H2,15,17,18);(H2,1,2,3,4)/t7-,10?,11?,14-;/m1./s1. The molecule has 0 aliphatic carbocycles. The van der Waals surface area contributed by atoms with Crippen LogP contribution in [0, 0.1) is 0 Å². The first-order valence-corrected chi connectivity index (χ1v) is 10.1. The van der Waals surface area contributed by atoms with Gasteiger partial charge < -0.3 is 25.6 Å². The number of fused-ring (bicyclic) bond motifs is 1. The Balaban J connectivity index is 0.000000614. The van der Waals surface area contributed by atoms with E-state index in [1.54, 1.807) is 7.05 Å². The molecule has 0 aromatic carbocycles. The summed E-state index contributed by atoms with van der Waals surface area (Å²) < 4.78 is 38.9. The number of hydrogen-bond acceptors (Lipinski definition) is 12. The number of rotatable bonds is 6. The van der Waals surface area contributed by atoms with Crippen molar-refractivity contribution in [2.75, 3.05) is 25.9 Å². The van der Waals surface area contributed by atoms with Crippen molar-refractivity contribution in [3.8, 4) is 0 Å². The first-order chi connectivity index (χ1) is 14.4. The van der Waals surface area contributed by atoms with Crippen molar-refractivity contribution in [3.63, 3.8) is 0 Å². The number of nitrogen functional groups attached to an aromatic ring is 1. The fraction of sp³-hybridized carbons (Fsp3) is 0.571. The zero-order valence-corrected chi connectivity index (χ0v) is 17.1. The normalized spacial score (nSPS) is 23.6. The van der Waals surface area contributed by atoms with Gasteiger partial charge in [0, 0.05) is 19.5 Å². The van der Waals surface area contributed by atoms with Crippen LogP contribution in [-0.2, 0) is 19.9 Å². The molecule has 1 saturated heterocycles. The number of nitrogens with two attached hydrogens (primary N) is 2. The number of ether oxygens (including phenoxy) is 1. The third-order valence-electron chi connectivity index (χ3n) is 4.37. The number of anilines is 1. The molecule has 1 fully saturated rings. The molecular weight excluding hydrogens is 440 g/mol. The Morgan fingerprint density at radius 2 is 1.94 bits per heavy atom. The van der Waals surface area contributed by atoms with Crippen LogP contribution in [0.25, 0.3) is 11.2 Å². The molecule has 16 nitrogen and oxygen atoms in total. The summed E-state index contributed by atoms with van der Waals surface area (Å²) in [7, 11) is -2.89. The highest BCUT2D eigenvalue weighted by atomic mass is 32.3. The van der Waals surface area contributed by atoms with E-state index in [1.807, 2.05) is 4.90 Å². The number of aromatic nitrogens is 4. The topological polar surface area (TPSA) is 252 Å². The van der Waals surface area contributed by atoms with Gasteiger partial charge in [0.25, 0.3) is 0 Å². The Hall–Kier alpha value is -2.51. The van der Waals surface area contributed by atoms with E-state index in [1.165, 1.54) is 17.2 Å².